The SMILES string of the molecule is O=C1/C(=C\c2ccc(OCc3ccc(F)cc3)c(Br)c2)SC(=S)N1c1cccc([N+](=O)[O-])c1. The molecule has 1 saturated heterocycles. The normalized spacial score (nSPS) is 14.7. The van der Waals surface area contributed by atoms with Crippen molar-refractivity contribution in [1.82, 2.24) is 0 Å². The first-order chi connectivity index (χ1) is 15.8. The number of thiocarbonyl (C=S) groups is 1. The van der Waals surface area contributed by atoms with E-state index < -0.39 is 4.92 Å². The maximum Gasteiger partial charge on any atom is 0.271 e. The van der Waals surface area contributed by atoms with Gasteiger partial charge in [0.15, 0.2) is 4.32 Å². The third kappa shape index (κ3) is 5.29. The number of non-ortho nitro benzene ring substituents is 1. The number of nitrogens with zero attached hydrogens (tertiary/aromatic N) is 2. The highest BCUT2D eigenvalue weighted by atomic mass is 79.9. The van der Waals surface area contributed by atoms with Crippen LogP contribution in [0.5, 0.6) is 5.75 Å². The average molecular weight is 545 g/mol. The molecule has 3 aromatic carbocycles. The number of benzene rings is 3. The van der Waals surface area contributed by atoms with E-state index in [0.29, 0.717) is 25.1 Å². The molecule has 1 aliphatic heterocycles. The van der Waals surface area contributed by atoms with E-state index in [-0.39, 0.29) is 24.0 Å². The van der Waals surface area contributed by atoms with Gasteiger partial charge in [0.2, 0.25) is 0 Å². The number of carbonyl (C=O) groups excluding carboxylic acids is 1. The maximum absolute atomic E-state index is 13.0. The summed E-state index contributed by atoms with van der Waals surface area (Å²) in [5.41, 5.74) is 1.80. The van der Waals surface area contributed by atoms with E-state index >= 15 is 0 Å². The Kier molecular flexibility index (Phi) is 6.87. The minimum Gasteiger partial charge on any atom is -0.488 e. The standard InChI is InChI=1S/C23H14BrFN2O4S2/c24-19-10-15(6-9-20(19)31-13-14-4-7-16(25)8-5-14)11-21-22(28)26(23(32)33-21)17-2-1-3-18(12-17)27(29)30/h1-12H,13H2/b21-11+. The number of rotatable bonds is 6. The van der Waals surface area contributed by atoms with E-state index in [1.54, 1.807) is 42.5 Å². The number of ether oxygens (including phenoxy) is 1. The van der Waals surface area contributed by atoms with Gasteiger partial charge in [-0.05, 0) is 63.5 Å². The molecule has 1 fully saturated rings. The van der Waals surface area contributed by atoms with Crippen molar-refractivity contribution in [3.05, 3.63) is 103 Å². The van der Waals surface area contributed by atoms with Crippen molar-refractivity contribution < 1.29 is 18.8 Å². The predicted octanol–water partition coefficient (Wildman–Crippen LogP) is 6.48. The quantitative estimate of drug-likeness (QED) is 0.153. The van der Waals surface area contributed by atoms with Crippen LogP contribution in [0.4, 0.5) is 15.8 Å². The van der Waals surface area contributed by atoms with Gasteiger partial charge in [0.1, 0.15) is 18.2 Å². The molecule has 166 valence electrons. The second-order valence-electron chi connectivity index (χ2n) is 6.90. The van der Waals surface area contributed by atoms with Gasteiger partial charge < -0.3 is 4.74 Å². The molecule has 0 bridgehead atoms. The summed E-state index contributed by atoms with van der Waals surface area (Å²) in [4.78, 5) is 25.2. The van der Waals surface area contributed by atoms with Crippen LogP contribution in [0.3, 0.4) is 0 Å². The van der Waals surface area contributed by atoms with E-state index in [9.17, 15) is 19.3 Å². The zero-order valence-corrected chi connectivity index (χ0v) is 20.0. The molecule has 1 aliphatic rings. The highest BCUT2D eigenvalue weighted by Crippen LogP contribution is 2.37. The molecule has 0 unspecified atom stereocenters. The number of nitro groups is 1. The van der Waals surface area contributed by atoms with Gasteiger partial charge in [0.05, 0.1) is 20.0 Å². The zero-order valence-electron chi connectivity index (χ0n) is 16.7. The fraction of sp³-hybridized carbons (Fsp3) is 0.0435. The molecule has 0 atom stereocenters. The number of hydrogen-bond acceptors (Lipinski definition) is 6. The molecule has 4 rings (SSSR count). The molecule has 33 heavy (non-hydrogen) atoms. The number of halogens is 2. The van der Waals surface area contributed by atoms with Crippen LogP contribution >= 0.6 is 39.9 Å². The minimum absolute atomic E-state index is 0.120. The van der Waals surface area contributed by atoms with Crippen molar-refractivity contribution >= 4 is 67.6 Å². The van der Waals surface area contributed by atoms with Crippen molar-refractivity contribution in [2.24, 2.45) is 0 Å². The van der Waals surface area contributed by atoms with Gasteiger partial charge in [0.25, 0.3) is 11.6 Å². The Hall–Kier alpha value is -3.08. The van der Waals surface area contributed by atoms with Crippen LogP contribution < -0.4 is 9.64 Å². The van der Waals surface area contributed by atoms with Crippen molar-refractivity contribution in [3.8, 4) is 5.75 Å². The number of hydrogen-bond donors (Lipinski definition) is 0. The van der Waals surface area contributed by atoms with Crippen LogP contribution in [0.1, 0.15) is 11.1 Å². The van der Waals surface area contributed by atoms with Crippen molar-refractivity contribution in [3.63, 3.8) is 0 Å². The third-order valence-corrected chi connectivity index (χ3v) is 6.58. The second kappa shape index (κ2) is 9.82. The lowest BCUT2D eigenvalue weighted by Crippen LogP contribution is -2.27. The number of anilines is 1. The first kappa shape index (κ1) is 23.1. The van der Waals surface area contributed by atoms with Gasteiger partial charge in [0, 0.05) is 12.1 Å². The van der Waals surface area contributed by atoms with Gasteiger partial charge in [-0.3, -0.25) is 19.8 Å². The summed E-state index contributed by atoms with van der Waals surface area (Å²) < 4.78 is 19.8. The Morgan fingerprint density at radius 1 is 1.15 bits per heavy atom. The first-order valence-corrected chi connectivity index (χ1v) is 11.5. The predicted molar refractivity (Wildman–Crippen MR) is 134 cm³/mol. The molecule has 1 amide bonds. The van der Waals surface area contributed by atoms with Crippen LogP contribution in [0.15, 0.2) is 76.1 Å². The summed E-state index contributed by atoms with van der Waals surface area (Å²) >= 11 is 9.94. The smallest absolute Gasteiger partial charge is 0.271 e. The molecular formula is C23H14BrFN2O4S2. The van der Waals surface area contributed by atoms with Crippen LogP contribution in [-0.4, -0.2) is 15.2 Å². The van der Waals surface area contributed by atoms with E-state index in [4.69, 9.17) is 17.0 Å². The fourth-order valence-electron chi connectivity index (χ4n) is 3.05. The lowest BCUT2D eigenvalue weighted by atomic mass is 10.2. The van der Waals surface area contributed by atoms with Gasteiger partial charge in [-0.1, -0.05) is 48.2 Å². The van der Waals surface area contributed by atoms with E-state index in [1.165, 1.54) is 35.2 Å². The number of amides is 1. The Bertz CT molecular complexity index is 1300. The Morgan fingerprint density at radius 2 is 1.91 bits per heavy atom. The summed E-state index contributed by atoms with van der Waals surface area (Å²) in [6, 6.07) is 17.2. The largest absolute Gasteiger partial charge is 0.488 e. The molecule has 0 spiro atoms. The molecule has 0 aromatic heterocycles. The molecule has 1 heterocycles. The lowest BCUT2D eigenvalue weighted by molar-refractivity contribution is -0.384. The molecule has 10 heteroatoms. The van der Waals surface area contributed by atoms with Crippen molar-refractivity contribution in [2.75, 3.05) is 4.90 Å². The molecule has 0 radical (unpaired) electrons. The highest BCUT2D eigenvalue weighted by Gasteiger charge is 2.34. The van der Waals surface area contributed by atoms with E-state index in [1.807, 2.05) is 0 Å². The average Bonchev–Trinajstić information content (AvgIpc) is 3.07. The minimum atomic E-state index is -0.520. The molecule has 0 saturated carbocycles. The Labute approximate surface area is 206 Å². The number of nitro benzene ring substituents is 1. The number of thioether (sulfide) groups is 1. The van der Waals surface area contributed by atoms with Crippen molar-refractivity contribution in [1.29, 1.82) is 0 Å². The van der Waals surface area contributed by atoms with Crippen LogP contribution in [0.2, 0.25) is 0 Å². The second-order valence-corrected chi connectivity index (χ2v) is 9.43. The van der Waals surface area contributed by atoms with Gasteiger partial charge in [-0.2, -0.15) is 0 Å². The van der Waals surface area contributed by atoms with E-state index in [2.05, 4.69) is 15.9 Å². The molecule has 6 nitrogen and oxygen atoms in total. The topological polar surface area (TPSA) is 72.7 Å². The summed E-state index contributed by atoms with van der Waals surface area (Å²) in [7, 11) is 0. The van der Waals surface area contributed by atoms with Gasteiger partial charge >= 0.3 is 0 Å². The molecule has 0 N–H and O–H groups in total. The first-order valence-electron chi connectivity index (χ1n) is 9.51. The van der Waals surface area contributed by atoms with Crippen molar-refractivity contribution in [2.45, 2.75) is 6.61 Å². The van der Waals surface area contributed by atoms with Crippen LogP contribution in [-0.2, 0) is 11.4 Å². The lowest BCUT2D eigenvalue weighted by Gasteiger charge is -2.14. The summed E-state index contributed by atoms with van der Waals surface area (Å²) in [6.07, 6.45) is 1.70. The molecule has 3 aromatic rings. The highest BCUT2D eigenvalue weighted by molar-refractivity contribution is 9.10. The van der Waals surface area contributed by atoms with Crippen LogP contribution in [0.25, 0.3) is 6.08 Å². The third-order valence-electron chi connectivity index (χ3n) is 4.65. The van der Waals surface area contributed by atoms with Gasteiger partial charge in [-0.15, -0.1) is 0 Å². The van der Waals surface area contributed by atoms with Crippen LogP contribution in [0, 0.1) is 15.9 Å². The van der Waals surface area contributed by atoms with Gasteiger partial charge in [-0.25, -0.2) is 4.39 Å². The molecule has 0 aliphatic carbocycles. The van der Waals surface area contributed by atoms with E-state index in [0.717, 1.165) is 22.9 Å². The monoisotopic (exact) mass is 544 g/mol. The number of carbonyl (C=O) groups is 1. The Morgan fingerprint density at radius 3 is 2.61 bits per heavy atom. The molecular weight excluding hydrogens is 531 g/mol. The zero-order chi connectivity index (χ0) is 23.5. The summed E-state index contributed by atoms with van der Waals surface area (Å²) in [5.74, 6) is -0.0564. The fourth-order valence-corrected chi connectivity index (χ4v) is 4.86. The summed E-state index contributed by atoms with van der Waals surface area (Å²) in [6.45, 7) is 0.278. The maximum atomic E-state index is 13.0. The Balaban J connectivity index is 1.50. The summed E-state index contributed by atoms with van der Waals surface area (Å²) in [5, 5.41) is 11.1.